The van der Waals surface area contributed by atoms with Crippen LogP contribution in [0.25, 0.3) is 0 Å². The van der Waals surface area contributed by atoms with E-state index in [1.807, 2.05) is 60.9 Å². The lowest BCUT2D eigenvalue weighted by Gasteiger charge is -2.20. The first-order valence-corrected chi connectivity index (χ1v) is 10.2. The minimum Gasteiger partial charge on any atom is -0.370 e. The Morgan fingerprint density at radius 3 is 2.29 bits per heavy atom. The molecule has 0 heterocycles. The lowest BCUT2D eigenvalue weighted by Crippen LogP contribution is -2.27. The fraction of sp³-hybridized carbons (Fsp3) is 0.130. The highest BCUT2D eigenvalue weighted by Gasteiger charge is 2.21. The van der Waals surface area contributed by atoms with E-state index in [2.05, 4.69) is 10.6 Å². The van der Waals surface area contributed by atoms with E-state index in [-0.39, 0.29) is 11.7 Å². The number of nitrogens with one attached hydrogen (secondary N) is 2. The Hall–Kier alpha value is -3.05. The normalized spacial score (nSPS) is 11.5. The van der Waals surface area contributed by atoms with Crippen molar-refractivity contribution in [2.45, 2.75) is 17.9 Å². The van der Waals surface area contributed by atoms with Gasteiger partial charge in [-0.1, -0.05) is 48.5 Å². The van der Waals surface area contributed by atoms with Crippen molar-refractivity contribution in [1.82, 2.24) is 0 Å². The van der Waals surface area contributed by atoms with E-state index >= 15 is 0 Å². The number of ketones is 1. The second-order valence-corrected chi connectivity index (χ2v) is 7.23. The second-order valence-electron chi connectivity index (χ2n) is 6.35. The van der Waals surface area contributed by atoms with Crippen LogP contribution in [0.15, 0.2) is 83.8 Å². The first-order valence-electron chi connectivity index (χ1n) is 8.94. The summed E-state index contributed by atoms with van der Waals surface area (Å²) in [5.41, 5.74) is 2.89. The Bertz CT molecular complexity index is 973. The molecule has 4 nitrogen and oxygen atoms in total. The van der Waals surface area contributed by atoms with Crippen molar-refractivity contribution in [1.29, 1.82) is 0 Å². The molecule has 0 aliphatic heterocycles. The summed E-state index contributed by atoms with van der Waals surface area (Å²) in [5, 5.41) is 6.26. The predicted molar refractivity (Wildman–Crippen MR) is 116 cm³/mol. The third-order valence-corrected chi connectivity index (χ3v) is 5.04. The van der Waals surface area contributed by atoms with Gasteiger partial charge in [-0.15, -0.1) is 11.8 Å². The molecular formula is C23H22N2O2S. The molecule has 5 heteroatoms. The van der Waals surface area contributed by atoms with Gasteiger partial charge in [-0.05, 0) is 49.1 Å². The van der Waals surface area contributed by atoms with Gasteiger partial charge in [0, 0.05) is 21.8 Å². The molecule has 0 aromatic heterocycles. The van der Waals surface area contributed by atoms with Crippen molar-refractivity contribution < 1.29 is 9.59 Å². The molecule has 0 aliphatic carbocycles. The number of hydrogen-bond donors (Lipinski definition) is 2. The van der Waals surface area contributed by atoms with Crippen LogP contribution in [-0.4, -0.2) is 17.9 Å². The van der Waals surface area contributed by atoms with Gasteiger partial charge in [-0.3, -0.25) is 9.59 Å². The molecule has 142 valence electrons. The van der Waals surface area contributed by atoms with Crippen molar-refractivity contribution in [2.24, 2.45) is 0 Å². The number of rotatable bonds is 7. The van der Waals surface area contributed by atoms with Crippen LogP contribution in [0.2, 0.25) is 0 Å². The van der Waals surface area contributed by atoms with Gasteiger partial charge < -0.3 is 10.6 Å². The van der Waals surface area contributed by atoms with Gasteiger partial charge >= 0.3 is 0 Å². The van der Waals surface area contributed by atoms with Crippen molar-refractivity contribution in [2.75, 3.05) is 16.9 Å². The number of carbonyl (C=O) groups is 2. The van der Waals surface area contributed by atoms with E-state index in [9.17, 15) is 9.59 Å². The van der Waals surface area contributed by atoms with E-state index in [1.165, 1.54) is 6.92 Å². The van der Waals surface area contributed by atoms with E-state index in [4.69, 9.17) is 0 Å². The smallest absolute Gasteiger partial charge is 0.251 e. The Morgan fingerprint density at radius 1 is 0.857 bits per heavy atom. The van der Waals surface area contributed by atoms with Crippen LogP contribution in [0, 0.1) is 0 Å². The predicted octanol–water partition coefficient (Wildman–Crippen LogP) is 5.40. The van der Waals surface area contributed by atoms with Crippen LogP contribution >= 0.6 is 11.8 Å². The van der Waals surface area contributed by atoms with Crippen LogP contribution in [0.4, 0.5) is 11.4 Å². The third kappa shape index (κ3) is 5.02. The number of carbonyl (C=O) groups excluding carboxylic acids is 2. The largest absolute Gasteiger partial charge is 0.370 e. The summed E-state index contributed by atoms with van der Waals surface area (Å²) in [4.78, 5) is 25.8. The van der Waals surface area contributed by atoms with Gasteiger partial charge in [0.05, 0.1) is 0 Å². The van der Waals surface area contributed by atoms with Gasteiger partial charge in [0.15, 0.2) is 5.78 Å². The summed E-state index contributed by atoms with van der Waals surface area (Å²) < 4.78 is 0. The number of thioether (sulfide) groups is 1. The first-order chi connectivity index (χ1) is 13.6. The molecule has 0 aliphatic rings. The molecule has 0 radical (unpaired) electrons. The molecule has 0 saturated heterocycles. The molecule has 28 heavy (non-hydrogen) atoms. The zero-order chi connectivity index (χ0) is 19.9. The van der Waals surface area contributed by atoms with Gasteiger partial charge in [0.25, 0.3) is 5.91 Å². The Labute approximate surface area is 169 Å². The maximum Gasteiger partial charge on any atom is 0.251 e. The molecular weight excluding hydrogens is 368 g/mol. The molecule has 1 unspecified atom stereocenters. The van der Waals surface area contributed by atoms with Gasteiger partial charge in [-0.2, -0.15) is 0 Å². The lowest BCUT2D eigenvalue weighted by atomic mass is 10.1. The topological polar surface area (TPSA) is 58.2 Å². The zero-order valence-corrected chi connectivity index (χ0v) is 16.6. The van der Waals surface area contributed by atoms with E-state index < -0.39 is 6.04 Å². The van der Waals surface area contributed by atoms with Crippen molar-refractivity contribution in [3.05, 3.63) is 90.0 Å². The van der Waals surface area contributed by atoms with Crippen LogP contribution in [0.1, 0.15) is 28.9 Å². The fourth-order valence-electron chi connectivity index (χ4n) is 2.86. The summed E-state index contributed by atoms with van der Waals surface area (Å²) in [7, 11) is 0. The molecule has 1 atom stereocenters. The summed E-state index contributed by atoms with van der Waals surface area (Å²) in [6, 6.07) is 23.9. The van der Waals surface area contributed by atoms with E-state index in [0.29, 0.717) is 11.3 Å². The van der Waals surface area contributed by atoms with E-state index in [1.54, 1.807) is 36.0 Å². The maximum absolute atomic E-state index is 13.1. The summed E-state index contributed by atoms with van der Waals surface area (Å²) >= 11 is 1.65. The third-order valence-electron chi connectivity index (χ3n) is 4.31. The van der Waals surface area contributed by atoms with Crippen LogP contribution in [0.3, 0.4) is 0 Å². The van der Waals surface area contributed by atoms with Crippen molar-refractivity contribution in [3.63, 3.8) is 0 Å². The molecule has 3 aromatic carbocycles. The van der Waals surface area contributed by atoms with E-state index in [0.717, 1.165) is 16.1 Å². The maximum atomic E-state index is 13.1. The van der Waals surface area contributed by atoms with Crippen molar-refractivity contribution in [3.8, 4) is 0 Å². The number of hydrogen-bond acceptors (Lipinski definition) is 4. The average molecular weight is 391 g/mol. The quantitative estimate of drug-likeness (QED) is 0.419. The summed E-state index contributed by atoms with van der Waals surface area (Å²) in [6.45, 7) is 1.51. The molecule has 3 rings (SSSR count). The Kier molecular flexibility index (Phi) is 6.50. The van der Waals surface area contributed by atoms with Crippen LogP contribution < -0.4 is 10.6 Å². The number of amides is 1. The number of Topliss-reactive ketones (excluding diaryl/α,β-unsaturated/α-hetero) is 1. The van der Waals surface area contributed by atoms with Crippen molar-refractivity contribution >= 4 is 34.8 Å². The molecule has 0 saturated carbocycles. The molecule has 0 bridgehead atoms. The monoisotopic (exact) mass is 390 g/mol. The number of anilines is 2. The first kappa shape index (κ1) is 19.7. The highest BCUT2D eigenvalue weighted by Crippen LogP contribution is 2.25. The number of benzene rings is 3. The second kappa shape index (κ2) is 9.24. The zero-order valence-electron chi connectivity index (χ0n) is 15.8. The minimum absolute atomic E-state index is 0.0392. The SMILES string of the molecule is CSc1cccc(NC(C(=O)Nc2cccc(C(C)=O)c2)c2ccccc2)c1. The average Bonchev–Trinajstić information content (AvgIpc) is 2.73. The Balaban J connectivity index is 1.87. The lowest BCUT2D eigenvalue weighted by molar-refractivity contribution is -0.117. The minimum atomic E-state index is -0.570. The highest BCUT2D eigenvalue weighted by molar-refractivity contribution is 7.98. The van der Waals surface area contributed by atoms with Gasteiger partial charge in [-0.25, -0.2) is 0 Å². The highest BCUT2D eigenvalue weighted by atomic mass is 32.2. The summed E-state index contributed by atoms with van der Waals surface area (Å²) in [5.74, 6) is -0.232. The molecule has 1 amide bonds. The Morgan fingerprint density at radius 2 is 1.57 bits per heavy atom. The molecule has 0 spiro atoms. The van der Waals surface area contributed by atoms with Crippen LogP contribution in [-0.2, 0) is 4.79 Å². The fourth-order valence-corrected chi connectivity index (χ4v) is 3.32. The summed E-state index contributed by atoms with van der Waals surface area (Å²) in [6.07, 6.45) is 2.02. The van der Waals surface area contributed by atoms with Gasteiger partial charge in [0.2, 0.25) is 0 Å². The molecule has 2 N–H and O–H groups in total. The van der Waals surface area contributed by atoms with Gasteiger partial charge in [0.1, 0.15) is 6.04 Å². The standard InChI is InChI=1S/C23H22N2O2S/c1-16(26)18-10-6-11-19(14-18)25-23(27)22(17-8-4-3-5-9-17)24-20-12-7-13-21(15-20)28-2/h3-15,22,24H,1-2H3,(H,25,27). The molecule has 0 fully saturated rings. The molecule has 3 aromatic rings. The van der Waals surface area contributed by atoms with Crippen LogP contribution in [0.5, 0.6) is 0 Å².